The summed E-state index contributed by atoms with van der Waals surface area (Å²) in [6, 6.07) is 12.0. The predicted molar refractivity (Wildman–Crippen MR) is 69.7 cm³/mol. The highest BCUT2D eigenvalue weighted by Crippen LogP contribution is 1.79. The zero-order chi connectivity index (χ0) is 15.2. The van der Waals surface area contributed by atoms with Crippen LogP contribution in [0.1, 0.15) is 59.8 Å². The van der Waals surface area contributed by atoms with Gasteiger partial charge in [-0.3, -0.25) is 0 Å². The maximum Gasteiger partial charge on any atom is 0.0261 e. The van der Waals surface area contributed by atoms with Crippen LogP contribution in [0.15, 0.2) is 36.4 Å². The second kappa shape index (κ2) is 29.5. The van der Waals surface area contributed by atoms with E-state index in [4.69, 9.17) is 5.48 Å². The van der Waals surface area contributed by atoms with Crippen molar-refractivity contribution in [3.63, 3.8) is 0 Å². The molecule has 0 heteroatoms. The van der Waals surface area contributed by atoms with Gasteiger partial charge in [0.25, 0.3) is 0 Å². The van der Waals surface area contributed by atoms with Crippen LogP contribution in [-0.4, -0.2) is 0 Å². The highest BCUT2D eigenvalue weighted by atomic mass is 13.6. The zero-order valence-electron chi connectivity index (χ0n) is 14.5. The second-order valence-corrected chi connectivity index (χ2v) is 2.15. The first-order valence-electron chi connectivity index (χ1n) is 7.00. The van der Waals surface area contributed by atoms with Crippen molar-refractivity contribution in [3.8, 4) is 0 Å². The Morgan fingerprint density at radius 2 is 0.714 bits per heavy atom. The van der Waals surface area contributed by atoms with Crippen molar-refractivity contribution in [2.75, 3.05) is 0 Å². The third-order valence-corrected chi connectivity index (χ3v) is 0.667. The number of benzene rings is 1. The molecule has 0 aliphatic carbocycles. The van der Waals surface area contributed by atoms with Gasteiger partial charge in [0.05, 0.1) is 0 Å². The standard InChI is InChI=1S/C6H6.2C3H8.C2H6/c1-2-4-6-5-3-1;2*1-3-2;1-2/h1-6H;2*3H2,1-2H3;1-2H3/i;2*3T2;. The summed E-state index contributed by atoms with van der Waals surface area (Å²) in [6.07, 6.45) is -2.00. The van der Waals surface area contributed by atoms with Gasteiger partial charge in [0, 0.05) is 5.48 Å². The lowest BCUT2D eigenvalue weighted by atomic mass is 10.4. The molecule has 0 spiro atoms. The van der Waals surface area contributed by atoms with Gasteiger partial charge in [-0.25, -0.2) is 0 Å². The normalized spacial score (nSPS) is 12.7. The summed E-state index contributed by atoms with van der Waals surface area (Å²) in [4.78, 5) is 0. The molecule has 0 radical (unpaired) electrons. The first-order valence-corrected chi connectivity index (χ1v) is 5.00. The quantitative estimate of drug-likeness (QED) is 0.520. The average Bonchev–Trinajstić information content (AvgIpc) is 2.18. The van der Waals surface area contributed by atoms with Crippen LogP contribution in [0.5, 0.6) is 0 Å². The molecule has 84 valence electrons. The van der Waals surface area contributed by atoms with Gasteiger partial charge in [-0.1, -0.05) is 90.7 Å². The summed E-state index contributed by atoms with van der Waals surface area (Å²) in [5.41, 5.74) is 0. The SMILES string of the molecule is CC.[3H]C([3H])(C)C.[3H]C([3H])(C)C.c1ccccc1. The van der Waals surface area contributed by atoms with Crippen molar-refractivity contribution in [2.24, 2.45) is 0 Å². The molecule has 0 amide bonds. The molecule has 1 rings (SSSR count). The molecule has 14 heavy (non-hydrogen) atoms. The highest BCUT2D eigenvalue weighted by Gasteiger charge is 1.57. The van der Waals surface area contributed by atoms with Crippen LogP contribution < -0.4 is 0 Å². The fourth-order valence-electron chi connectivity index (χ4n) is 0.385. The van der Waals surface area contributed by atoms with E-state index in [9.17, 15) is 0 Å². The van der Waals surface area contributed by atoms with Gasteiger partial charge < -0.3 is 0 Å². The van der Waals surface area contributed by atoms with Crippen molar-refractivity contribution in [1.82, 2.24) is 0 Å². The number of hydrogen-bond donors (Lipinski definition) is 0. The first kappa shape index (κ1) is 9.76. The molecule has 0 heterocycles. The van der Waals surface area contributed by atoms with Gasteiger partial charge in [-0.05, 0) is 0 Å². The van der Waals surface area contributed by atoms with Crippen LogP contribution in [0.2, 0.25) is 0 Å². The Morgan fingerprint density at radius 1 is 0.643 bits per heavy atom. The fourth-order valence-corrected chi connectivity index (χ4v) is 0.385. The fraction of sp³-hybridized carbons (Fsp3) is 0.571. The largest absolute Gasteiger partial charge is 0.0683 e. The molecule has 0 aliphatic heterocycles. The Morgan fingerprint density at radius 3 is 0.786 bits per heavy atom. The molecule has 0 atom stereocenters. The van der Waals surface area contributed by atoms with E-state index in [-0.39, 0.29) is 0 Å². The lowest BCUT2D eigenvalue weighted by molar-refractivity contribution is 1.09. The molecule has 0 fully saturated rings. The molecule has 1 aromatic rings. The first-order chi connectivity index (χ1) is 8.00. The Labute approximate surface area is 97.0 Å². The van der Waals surface area contributed by atoms with Crippen molar-refractivity contribution in [3.05, 3.63) is 36.4 Å². The minimum Gasteiger partial charge on any atom is -0.0683 e. The third-order valence-electron chi connectivity index (χ3n) is 0.667. The molecular weight excluding hydrogens is 168 g/mol. The van der Waals surface area contributed by atoms with E-state index in [2.05, 4.69) is 0 Å². The molecule has 0 nitrogen and oxygen atoms in total. The van der Waals surface area contributed by atoms with E-state index in [1.165, 1.54) is 27.7 Å². The maximum absolute atomic E-state index is 6.60. The molecule has 0 saturated carbocycles. The molecule has 0 aliphatic rings. The molecule has 0 unspecified atom stereocenters. The minimum atomic E-state index is -1.00. The third kappa shape index (κ3) is 43.0. The maximum atomic E-state index is 6.60. The molecule has 0 N–H and O–H groups in total. The molecule has 0 aromatic heterocycles. The molecule has 0 saturated heterocycles. The monoisotopic (exact) mass is 204 g/mol. The van der Waals surface area contributed by atoms with E-state index in [0.717, 1.165) is 0 Å². The van der Waals surface area contributed by atoms with Crippen LogP contribution in [0.3, 0.4) is 0 Å². The highest BCUT2D eigenvalue weighted by molar-refractivity contribution is 4.99. The predicted octanol–water partition coefficient (Wildman–Crippen LogP) is 5.55. The van der Waals surface area contributed by atoms with Crippen LogP contribution in [0.25, 0.3) is 0 Å². The summed E-state index contributed by atoms with van der Waals surface area (Å²) in [5.74, 6) is 0. The molecule has 0 bridgehead atoms. The molecular formula is C14H28. The van der Waals surface area contributed by atoms with Crippen molar-refractivity contribution >= 4 is 0 Å². The summed E-state index contributed by atoms with van der Waals surface area (Å²) in [5, 5.41) is 0. The Balaban J connectivity index is -0.000000177. The van der Waals surface area contributed by atoms with Crippen molar-refractivity contribution in [1.29, 1.82) is 0 Å². The van der Waals surface area contributed by atoms with Crippen LogP contribution in [0, 0.1) is 0 Å². The average molecular weight is 204 g/mol. The lowest BCUT2D eigenvalue weighted by Gasteiger charge is -1.69. The summed E-state index contributed by atoms with van der Waals surface area (Å²) >= 11 is 0. The van der Waals surface area contributed by atoms with Gasteiger partial charge in [-0.15, -0.1) is 0 Å². The van der Waals surface area contributed by atoms with Crippen LogP contribution >= 0.6 is 0 Å². The topological polar surface area (TPSA) is 0 Å². The zero-order valence-corrected chi connectivity index (χ0v) is 10.5. The van der Waals surface area contributed by atoms with Crippen LogP contribution in [0.4, 0.5) is 0 Å². The van der Waals surface area contributed by atoms with Crippen LogP contribution in [-0.2, 0) is 0 Å². The van der Waals surface area contributed by atoms with Gasteiger partial charge >= 0.3 is 0 Å². The van der Waals surface area contributed by atoms with E-state index in [0.29, 0.717) is 0 Å². The van der Waals surface area contributed by atoms with Gasteiger partial charge in [0.2, 0.25) is 0 Å². The van der Waals surface area contributed by atoms with Gasteiger partial charge in [0.15, 0.2) is 0 Å². The van der Waals surface area contributed by atoms with Crippen molar-refractivity contribution in [2.45, 2.75) is 54.3 Å². The second-order valence-electron chi connectivity index (χ2n) is 2.15. The summed E-state index contributed by atoms with van der Waals surface area (Å²) in [6.45, 7) is 10.1. The van der Waals surface area contributed by atoms with Crippen molar-refractivity contribution < 1.29 is 5.48 Å². The Kier molecular flexibility index (Phi) is 20.6. The number of hydrogen-bond acceptors (Lipinski definition) is 0. The smallest absolute Gasteiger partial charge is 0.0261 e. The summed E-state index contributed by atoms with van der Waals surface area (Å²) in [7, 11) is 0. The van der Waals surface area contributed by atoms with E-state index < -0.39 is 12.7 Å². The van der Waals surface area contributed by atoms with E-state index in [1.54, 1.807) is 0 Å². The minimum absolute atomic E-state index is 1.00. The van der Waals surface area contributed by atoms with Gasteiger partial charge in [0.1, 0.15) is 0 Å². The summed E-state index contributed by atoms with van der Waals surface area (Å²) < 4.78 is 26.4. The van der Waals surface area contributed by atoms with Gasteiger partial charge in [-0.2, -0.15) is 0 Å². The van der Waals surface area contributed by atoms with E-state index in [1.807, 2.05) is 50.2 Å². The Hall–Kier alpha value is -0.780. The number of rotatable bonds is 0. The van der Waals surface area contributed by atoms with E-state index >= 15 is 0 Å². The lowest BCUT2D eigenvalue weighted by Crippen LogP contribution is -1.47. The molecule has 1 aromatic carbocycles. The Bertz CT molecular complexity index is 184.